The first kappa shape index (κ1) is 14.1. The van der Waals surface area contributed by atoms with Crippen LogP contribution in [-0.2, 0) is 17.3 Å². The highest BCUT2D eigenvalue weighted by Crippen LogP contribution is 1.98. The largest absolute Gasteiger partial charge is 0.313 e. The van der Waals surface area contributed by atoms with Crippen molar-refractivity contribution in [2.75, 3.05) is 18.1 Å². The number of rotatable bonds is 8. The first-order valence-corrected chi connectivity index (χ1v) is 7.29. The van der Waals surface area contributed by atoms with Crippen LogP contribution in [0.2, 0.25) is 0 Å². The summed E-state index contributed by atoms with van der Waals surface area (Å²) in [6.07, 6.45) is 4.53. The Balaban J connectivity index is 2.10. The number of hydrogen-bond acceptors (Lipinski definition) is 3. The molecule has 0 aromatic carbocycles. The third-order valence-corrected chi connectivity index (χ3v) is 3.68. The summed E-state index contributed by atoms with van der Waals surface area (Å²) in [7, 11) is -0.741. The average molecular weight is 252 g/mol. The van der Waals surface area contributed by atoms with Crippen molar-refractivity contribution in [3.8, 4) is 0 Å². The lowest BCUT2D eigenvalue weighted by molar-refractivity contribution is 0.660. The summed E-state index contributed by atoms with van der Waals surface area (Å²) in [6, 6.07) is 4.08. The van der Waals surface area contributed by atoms with Crippen molar-refractivity contribution >= 4 is 10.8 Å². The van der Waals surface area contributed by atoms with Crippen LogP contribution < -0.4 is 5.32 Å². The van der Waals surface area contributed by atoms with Crippen LogP contribution in [0.3, 0.4) is 0 Å². The molecule has 1 rings (SSSR count). The standard InChI is InChI=1S/C13H20N2OS/c1-3-8-17(16)9-4-7-14-10-13-6-5-12(2)15-11-13/h3,5-6,11,14H,1,4,7-10H2,2H3. The summed E-state index contributed by atoms with van der Waals surface area (Å²) in [6.45, 7) is 7.26. The van der Waals surface area contributed by atoms with Crippen LogP contribution in [0.25, 0.3) is 0 Å². The molecular weight excluding hydrogens is 232 g/mol. The Kier molecular flexibility index (Phi) is 6.74. The maximum atomic E-state index is 11.3. The fraction of sp³-hybridized carbons (Fsp3) is 0.462. The normalized spacial score (nSPS) is 12.3. The average Bonchev–Trinajstić information content (AvgIpc) is 2.31. The summed E-state index contributed by atoms with van der Waals surface area (Å²) in [4.78, 5) is 4.23. The molecule has 3 nitrogen and oxygen atoms in total. The molecule has 0 aliphatic rings. The SMILES string of the molecule is C=CCS(=O)CCCNCc1ccc(C)nc1. The molecule has 0 spiro atoms. The van der Waals surface area contributed by atoms with Gasteiger partial charge in [0, 0.05) is 40.7 Å². The van der Waals surface area contributed by atoms with E-state index in [0.717, 1.165) is 31.0 Å². The minimum atomic E-state index is -0.741. The fourth-order valence-electron chi connectivity index (χ4n) is 1.41. The van der Waals surface area contributed by atoms with Crippen molar-refractivity contribution in [3.63, 3.8) is 0 Å². The van der Waals surface area contributed by atoms with Gasteiger partial charge in [-0.3, -0.25) is 9.19 Å². The van der Waals surface area contributed by atoms with Crippen molar-refractivity contribution in [2.24, 2.45) is 0 Å². The van der Waals surface area contributed by atoms with E-state index >= 15 is 0 Å². The van der Waals surface area contributed by atoms with E-state index in [0.29, 0.717) is 5.75 Å². The molecule has 1 heterocycles. The van der Waals surface area contributed by atoms with Crippen LogP contribution in [-0.4, -0.2) is 27.2 Å². The van der Waals surface area contributed by atoms with E-state index in [1.54, 1.807) is 6.08 Å². The highest BCUT2D eigenvalue weighted by Gasteiger charge is 1.97. The second-order valence-corrected chi connectivity index (χ2v) is 5.56. The Hall–Kier alpha value is -1.00. The van der Waals surface area contributed by atoms with Gasteiger partial charge in [-0.2, -0.15) is 0 Å². The van der Waals surface area contributed by atoms with Crippen LogP contribution in [0.1, 0.15) is 17.7 Å². The molecule has 0 saturated carbocycles. The minimum absolute atomic E-state index is 0.599. The Morgan fingerprint density at radius 1 is 1.53 bits per heavy atom. The van der Waals surface area contributed by atoms with Gasteiger partial charge in [-0.05, 0) is 31.5 Å². The Morgan fingerprint density at radius 3 is 3.00 bits per heavy atom. The lowest BCUT2D eigenvalue weighted by Gasteiger charge is -2.04. The summed E-state index contributed by atoms with van der Waals surface area (Å²) in [5, 5.41) is 3.32. The fourth-order valence-corrected chi connectivity index (χ4v) is 2.30. The van der Waals surface area contributed by atoms with Gasteiger partial charge >= 0.3 is 0 Å². The van der Waals surface area contributed by atoms with Gasteiger partial charge < -0.3 is 5.32 Å². The van der Waals surface area contributed by atoms with Crippen molar-refractivity contribution in [2.45, 2.75) is 19.9 Å². The van der Waals surface area contributed by atoms with E-state index in [2.05, 4.69) is 22.9 Å². The highest BCUT2D eigenvalue weighted by atomic mass is 32.2. The van der Waals surface area contributed by atoms with Gasteiger partial charge in [0.25, 0.3) is 0 Å². The van der Waals surface area contributed by atoms with Gasteiger partial charge in [-0.15, -0.1) is 6.58 Å². The van der Waals surface area contributed by atoms with Crippen molar-refractivity contribution in [1.29, 1.82) is 0 Å². The van der Waals surface area contributed by atoms with Crippen LogP contribution >= 0.6 is 0 Å². The van der Waals surface area contributed by atoms with Crippen LogP contribution in [0.15, 0.2) is 31.0 Å². The first-order chi connectivity index (χ1) is 8.22. The van der Waals surface area contributed by atoms with E-state index in [1.807, 2.05) is 19.2 Å². The molecule has 4 heteroatoms. The summed E-state index contributed by atoms with van der Waals surface area (Å²) < 4.78 is 11.3. The molecule has 0 saturated heterocycles. The molecule has 1 atom stereocenters. The van der Waals surface area contributed by atoms with Gasteiger partial charge in [0.15, 0.2) is 0 Å². The lowest BCUT2D eigenvalue weighted by atomic mass is 10.2. The Labute approximate surface area is 106 Å². The quantitative estimate of drug-likeness (QED) is 0.567. The van der Waals surface area contributed by atoms with Gasteiger partial charge in [0.2, 0.25) is 0 Å². The number of nitrogens with one attached hydrogen (secondary N) is 1. The highest BCUT2D eigenvalue weighted by molar-refractivity contribution is 7.85. The Bertz CT molecular complexity index is 362. The van der Waals surface area contributed by atoms with Crippen molar-refractivity contribution in [1.82, 2.24) is 10.3 Å². The van der Waals surface area contributed by atoms with Gasteiger partial charge in [0.1, 0.15) is 0 Å². The van der Waals surface area contributed by atoms with Crippen molar-refractivity contribution < 1.29 is 4.21 Å². The lowest BCUT2D eigenvalue weighted by Crippen LogP contribution is -2.17. The maximum Gasteiger partial charge on any atom is 0.0412 e. The van der Waals surface area contributed by atoms with E-state index in [1.165, 1.54) is 5.56 Å². The summed E-state index contributed by atoms with van der Waals surface area (Å²) >= 11 is 0. The maximum absolute atomic E-state index is 11.3. The second kappa shape index (κ2) is 8.14. The summed E-state index contributed by atoms with van der Waals surface area (Å²) in [5.74, 6) is 1.34. The molecule has 0 aliphatic heterocycles. The zero-order valence-electron chi connectivity index (χ0n) is 10.3. The molecule has 1 aromatic rings. The predicted octanol–water partition coefficient (Wildman–Crippen LogP) is 1.80. The molecule has 0 bridgehead atoms. The van der Waals surface area contributed by atoms with Crippen molar-refractivity contribution in [3.05, 3.63) is 42.2 Å². The number of hydrogen-bond donors (Lipinski definition) is 1. The molecule has 1 N–H and O–H groups in total. The molecule has 0 amide bonds. The van der Waals surface area contributed by atoms with E-state index < -0.39 is 10.8 Å². The van der Waals surface area contributed by atoms with E-state index in [9.17, 15) is 4.21 Å². The zero-order valence-corrected chi connectivity index (χ0v) is 11.1. The topological polar surface area (TPSA) is 42.0 Å². The third kappa shape index (κ3) is 6.34. The number of pyridine rings is 1. The molecule has 0 radical (unpaired) electrons. The van der Waals surface area contributed by atoms with Crippen LogP contribution in [0.4, 0.5) is 0 Å². The predicted molar refractivity (Wildman–Crippen MR) is 73.4 cm³/mol. The second-order valence-electron chi connectivity index (χ2n) is 3.94. The number of nitrogens with zero attached hydrogens (tertiary/aromatic N) is 1. The van der Waals surface area contributed by atoms with Crippen LogP contribution in [0, 0.1) is 6.92 Å². The molecule has 94 valence electrons. The number of aryl methyl sites for hydroxylation is 1. The Morgan fingerprint density at radius 2 is 2.35 bits per heavy atom. The van der Waals surface area contributed by atoms with Gasteiger partial charge in [-0.1, -0.05) is 12.1 Å². The molecule has 17 heavy (non-hydrogen) atoms. The van der Waals surface area contributed by atoms with Crippen LogP contribution in [0.5, 0.6) is 0 Å². The monoisotopic (exact) mass is 252 g/mol. The molecule has 0 aliphatic carbocycles. The summed E-state index contributed by atoms with van der Waals surface area (Å²) in [5.41, 5.74) is 2.22. The van der Waals surface area contributed by atoms with Gasteiger partial charge in [-0.25, -0.2) is 0 Å². The molecule has 1 aromatic heterocycles. The van der Waals surface area contributed by atoms with Gasteiger partial charge in [0.05, 0.1) is 0 Å². The molecule has 0 fully saturated rings. The number of aromatic nitrogens is 1. The minimum Gasteiger partial charge on any atom is -0.313 e. The zero-order chi connectivity index (χ0) is 12.5. The molecule has 1 unspecified atom stereocenters. The molecular formula is C13H20N2OS. The van der Waals surface area contributed by atoms with E-state index in [-0.39, 0.29) is 0 Å². The first-order valence-electron chi connectivity index (χ1n) is 5.80. The smallest absolute Gasteiger partial charge is 0.0412 e. The van der Waals surface area contributed by atoms with E-state index in [4.69, 9.17) is 0 Å². The third-order valence-electron chi connectivity index (χ3n) is 2.33.